The van der Waals surface area contributed by atoms with Crippen molar-refractivity contribution >= 4 is 23.1 Å². The number of hydrogen-bond donors (Lipinski definition) is 1. The van der Waals surface area contributed by atoms with Crippen LogP contribution in [0.25, 0.3) is 10.6 Å². The van der Waals surface area contributed by atoms with Crippen LogP contribution in [0.3, 0.4) is 0 Å². The Bertz CT molecular complexity index is 691. The molecule has 0 saturated carbocycles. The number of aryl methyl sites for hydroxylation is 1. The van der Waals surface area contributed by atoms with Crippen molar-refractivity contribution < 1.29 is 9.53 Å². The number of anilines is 1. The average molecular weight is 331 g/mol. The largest absolute Gasteiger partial charge is 0.372 e. The summed E-state index contributed by atoms with van der Waals surface area (Å²) in [5.74, 6) is 0. The van der Waals surface area contributed by atoms with E-state index in [2.05, 4.69) is 10.3 Å². The summed E-state index contributed by atoms with van der Waals surface area (Å²) in [7, 11) is 0. The number of carbonyl (C=O) groups is 1. The third-order valence-electron chi connectivity index (χ3n) is 3.69. The summed E-state index contributed by atoms with van der Waals surface area (Å²) in [5, 5.41) is 5.97. The van der Waals surface area contributed by atoms with Gasteiger partial charge in [-0.15, -0.1) is 11.3 Å². The Balaban J connectivity index is 1.71. The van der Waals surface area contributed by atoms with E-state index in [1.165, 1.54) is 0 Å². The van der Waals surface area contributed by atoms with Crippen molar-refractivity contribution in [1.82, 2.24) is 9.88 Å². The van der Waals surface area contributed by atoms with E-state index in [0.717, 1.165) is 22.0 Å². The second-order valence-corrected chi connectivity index (χ2v) is 6.83. The molecule has 0 spiro atoms. The Hall–Kier alpha value is -1.92. The van der Waals surface area contributed by atoms with Crippen molar-refractivity contribution in [2.24, 2.45) is 0 Å². The topological polar surface area (TPSA) is 54.5 Å². The fraction of sp³-hybridized carbons (Fsp3) is 0.412. The van der Waals surface area contributed by atoms with E-state index in [1.807, 2.05) is 50.4 Å². The molecule has 23 heavy (non-hydrogen) atoms. The fourth-order valence-corrected chi connectivity index (χ4v) is 3.56. The Morgan fingerprint density at radius 2 is 2.09 bits per heavy atom. The maximum absolute atomic E-state index is 12.5. The zero-order chi connectivity index (χ0) is 16.4. The summed E-state index contributed by atoms with van der Waals surface area (Å²) in [6.45, 7) is 7.18. The normalized spacial score (nSPS) is 21.3. The van der Waals surface area contributed by atoms with Gasteiger partial charge in [-0.3, -0.25) is 0 Å². The van der Waals surface area contributed by atoms with Crippen molar-refractivity contribution in [3.63, 3.8) is 0 Å². The summed E-state index contributed by atoms with van der Waals surface area (Å²) in [5.41, 5.74) is 2.81. The van der Waals surface area contributed by atoms with Gasteiger partial charge in [0.05, 0.1) is 12.2 Å². The third kappa shape index (κ3) is 3.89. The molecule has 1 fully saturated rings. The standard InChI is InChI=1S/C17H21N3O2S/c1-11-10-23-16(18-11)14-5-4-6-15(7-14)19-17(21)20-8-12(2)22-13(3)9-20/h4-7,10,12-13H,8-9H2,1-3H3,(H,19,21)/t12-,13-/m1/s1. The van der Waals surface area contributed by atoms with Gasteiger partial charge in [0.1, 0.15) is 5.01 Å². The highest BCUT2D eigenvalue weighted by atomic mass is 32.1. The number of urea groups is 1. The molecule has 2 aromatic rings. The van der Waals surface area contributed by atoms with Crippen molar-refractivity contribution in [2.45, 2.75) is 33.0 Å². The third-order valence-corrected chi connectivity index (χ3v) is 4.70. The molecule has 1 aliphatic heterocycles. The molecule has 122 valence electrons. The Labute approximate surface area is 140 Å². The predicted molar refractivity (Wildman–Crippen MR) is 92.9 cm³/mol. The first-order valence-electron chi connectivity index (χ1n) is 7.75. The fourth-order valence-electron chi connectivity index (χ4n) is 2.76. The molecular weight excluding hydrogens is 310 g/mol. The van der Waals surface area contributed by atoms with Crippen molar-refractivity contribution in [1.29, 1.82) is 0 Å². The maximum atomic E-state index is 12.5. The van der Waals surface area contributed by atoms with Crippen LogP contribution in [0.15, 0.2) is 29.6 Å². The Morgan fingerprint density at radius 3 is 2.74 bits per heavy atom. The van der Waals surface area contributed by atoms with Crippen LogP contribution in [0, 0.1) is 6.92 Å². The van der Waals surface area contributed by atoms with E-state index in [9.17, 15) is 4.79 Å². The molecule has 0 radical (unpaired) electrons. The zero-order valence-electron chi connectivity index (χ0n) is 13.6. The molecule has 0 unspecified atom stereocenters. The monoisotopic (exact) mass is 331 g/mol. The molecule has 2 atom stereocenters. The maximum Gasteiger partial charge on any atom is 0.322 e. The Morgan fingerprint density at radius 1 is 1.35 bits per heavy atom. The SMILES string of the molecule is Cc1csc(-c2cccc(NC(=O)N3C[C@@H](C)O[C@H](C)C3)c2)n1. The van der Waals surface area contributed by atoms with Gasteiger partial charge in [0.25, 0.3) is 0 Å². The number of thiazole rings is 1. The lowest BCUT2D eigenvalue weighted by Crippen LogP contribution is -2.49. The van der Waals surface area contributed by atoms with E-state index in [-0.39, 0.29) is 18.2 Å². The Kier molecular flexibility index (Phi) is 4.63. The molecule has 2 heterocycles. The van der Waals surface area contributed by atoms with Gasteiger partial charge in [0.15, 0.2) is 0 Å². The molecule has 1 aromatic carbocycles. The van der Waals surface area contributed by atoms with E-state index in [1.54, 1.807) is 16.2 Å². The van der Waals surface area contributed by atoms with Crippen LogP contribution in [0.2, 0.25) is 0 Å². The van der Waals surface area contributed by atoms with Crippen LogP contribution in [-0.2, 0) is 4.74 Å². The van der Waals surface area contributed by atoms with Crippen molar-refractivity contribution in [2.75, 3.05) is 18.4 Å². The molecule has 2 amide bonds. The number of amides is 2. The number of carbonyl (C=O) groups excluding carboxylic acids is 1. The van der Waals surface area contributed by atoms with Gasteiger partial charge < -0.3 is 15.0 Å². The van der Waals surface area contributed by atoms with Crippen molar-refractivity contribution in [3.8, 4) is 10.6 Å². The minimum Gasteiger partial charge on any atom is -0.372 e. The molecule has 1 saturated heterocycles. The number of benzene rings is 1. The van der Waals surface area contributed by atoms with E-state index >= 15 is 0 Å². The van der Waals surface area contributed by atoms with Crippen LogP contribution in [0.1, 0.15) is 19.5 Å². The van der Waals surface area contributed by atoms with Crippen molar-refractivity contribution in [3.05, 3.63) is 35.3 Å². The lowest BCUT2D eigenvalue weighted by Gasteiger charge is -2.35. The molecule has 5 nitrogen and oxygen atoms in total. The first-order chi connectivity index (χ1) is 11.0. The quantitative estimate of drug-likeness (QED) is 0.911. The van der Waals surface area contributed by atoms with Crippen LogP contribution in [0.4, 0.5) is 10.5 Å². The highest BCUT2D eigenvalue weighted by molar-refractivity contribution is 7.13. The van der Waals surface area contributed by atoms with E-state index < -0.39 is 0 Å². The number of hydrogen-bond acceptors (Lipinski definition) is 4. The predicted octanol–water partition coefficient (Wildman–Crippen LogP) is 3.76. The number of rotatable bonds is 2. The van der Waals surface area contributed by atoms with Gasteiger partial charge >= 0.3 is 6.03 Å². The summed E-state index contributed by atoms with van der Waals surface area (Å²) in [4.78, 5) is 18.8. The van der Waals surface area contributed by atoms with Gasteiger partial charge in [-0.05, 0) is 32.9 Å². The van der Waals surface area contributed by atoms with Gasteiger partial charge in [0, 0.05) is 35.4 Å². The highest BCUT2D eigenvalue weighted by Gasteiger charge is 2.25. The first kappa shape index (κ1) is 16.0. The van der Waals surface area contributed by atoms with Crippen LogP contribution in [0.5, 0.6) is 0 Å². The molecule has 1 N–H and O–H groups in total. The molecule has 1 aliphatic rings. The summed E-state index contributed by atoms with van der Waals surface area (Å²) < 4.78 is 5.67. The van der Waals surface area contributed by atoms with Crippen LogP contribution in [-0.4, -0.2) is 41.2 Å². The average Bonchev–Trinajstić information content (AvgIpc) is 2.93. The minimum atomic E-state index is -0.0838. The van der Waals surface area contributed by atoms with E-state index in [4.69, 9.17) is 4.74 Å². The minimum absolute atomic E-state index is 0.0640. The lowest BCUT2D eigenvalue weighted by molar-refractivity contribution is -0.0530. The van der Waals surface area contributed by atoms with Gasteiger partial charge in [0.2, 0.25) is 0 Å². The zero-order valence-corrected chi connectivity index (χ0v) is 14.4. The number of aromatic nitrogens is 1. The van der Waals surface area contributed by atoms with Gasteiger partial charge in [-0.2, -0.15) is 0 Å². The van der Waals surface area contributed by atoms with Crippen LogP contribution >= 0.6 is 11.3 Å². The van der Waals surface area contributed by atoms with Gasteiger partial charge in [-0.25, -0.2) is 9.78 Å². The number of ether oxygens (including phenoxy) is 1. The van der Waals surface area contributed by atoms with E-state index in [0.29, 0.717) is 13.1 Å². The molecule has 1 aromatic heterocycles. The molecule has 3 rings (SSSR count). The number of nitrogens with zero attached hydrogens (tertiary/aromatic N) is 2. The smallest absolute Gasteiger partial charge is 0.322 e. The molecule has 0 bridgehead atoms. The molecule has 0 aliphatic carbocycles. The number of nitrogens with one attached hydrogen (secondary N) is 1. The summed E-state index contributed by atoms with van der Waals surface area (Å²) >= 11 is 1.61. The second kappa shape index (κ2) is 6.68. The number of morpholine rings is 1. The first-order valence-corrected chi connectivity index (χ1v) is 8.63. The molecule has 6 heteroatoms. The lowest BCUT2D eigenvalue weighted by atomic mass is 10.2. The summed E-state index contributed by atoms with van der Waals surface area (Å²) in [6, 6.07) is 7.72. The second-order valence-electron chi connectivity index (χ2n) is 5.97. The summed E-state index contributed by atoms with van der Waals surface area (Å²) in [6.07, 6.45) is 0.128. The van der Waals surface area contributed by atoms with Crippen LogP contribution < -0.4 is 5.32 Å². The highest BCUT2D eigenvalue weighted by Crippen LogP contribution is 2.26. The van der Waals surface area contributed by atoms with Gasteiger partial charge in [-0.1, -0.05) is 12.1 Å². The molecular formula is C17H21N3O2S.